The minimum atomic E-state index is -0.546. The SMILES string of the molecule is CCOC(=O)c1ocnc1-c1ccc(Cl)nc1. The van der Waals surface area contributed by atoms with Crippen molar-refractivity contribution >= 4 is 17.6 Å². The number of pyridine rings is 1. The molecule has 0 N–H and O–H groups in total. The van der Waals surface area contributed by atoms with Crippen LogP contribution in [0.2, 0.25) is 5.15 Å². The lowest BCUT2D eigenvalue weighted by Gasteiger charge is -2.00. The Morgan fingerprint density at radius 3 is 2.94 bits per heavy atom. The average molecular weight is 253 g/mol. The lowest BCUT2D eigenvalue weighted by Crippen LogP contribution is -2.04. The summed E-state index contributed by atoms with van der Waals surface area (Å²) >= 11 is 5.68. The van der Waals surface area contributed by atoms with E-state index in [-0.39, 0.29) is 12.4 Å². The summed E-state index contributed by atoms with van der Waals surface area (Å²) < 4.78 is 9.87. The van der Waals surface area contributed by atoms with Gasteiger partial charge in [-0.15, -0.1) is 0 Å². The van der Waals surface area contributed by atoms with Crippen LogP contribution in [0.3, 0.4) is 0 Å². The van der Waals surface area contributed by atoms with Gasteiger partial charge in [-0.1, -0.05) is 11.6 Å². The molecule has 2 aromatic heterocycles. The Bertz CT molecular complexity index is 522. The summed E-state index contributed by atoms with van der Waals surface area (Å²) in [6.07, 6.45) is 2.71. The highest BCUT2D eigenvalue weighted by Crippen LogP contribution is 2.22. The minimum absolute atomic E-state index is 0.0657. The number of rotatable bonds is 3. The molecular weight excluding hydrogens is 244 g/mol. The molecule has 2 heterocycles. The first-order valence-corrected chi connectivity index (χ1v) is 5.32. The molecule has 0 unspecified atom stereocenters. The lowest BCUT2D eigenvalue weighted by molar-refractivity contribution is 0.0491. The number of halogens is 1. The van der Waals surface area contributed by atoms with E-state index in [1.807, 2.05) is 0 Å². The predicted octanol–water partition coefficient (Wildman–Crippen LogP) is 2.57. The van der Waals surface area contributed by atoms with Crippen molar-refractivity contribution in [3.05, 3.63) is 35.6 Å². The third-order valence-corrected chi connectivity index (χ3v) is 2.25. The van der Waals surface area contributed by atoms with Crippen LogP contribution in [0.5, 0.6) is 0 Å². The van der Waals surface area contributed by atoms with Gasteiger partial charge in [-0.05, 0) is 19.1 Å². The summed E-state index contributed by atoms with van der Waals surface area (Å²) in [5.41, 5.74) is 1.04. The monoisotopic (exact) mass is 252 g/mol. The molecule has 88 valence electrons. The van der Waals surface area contributed by atoms with Crippen LogP contribution in [0.1, 0.15) is 17.5 Å². The van der Waals surface area contributed by atoms with Gasteiger partial charge in [-0.2, -0.15) is 0 Å². The molecule has 6 heteroatoms. The van der Waals surface area contributed by atoms with Gasteiger partial charge >= 0.3 is 5.97 Å². The Morgan fingerprint density at radius 2 is 2.29 bits per heavy atom. The summed E-state index contributed by atoms with van der Waals surface area (Å²) in [6.45, 7) is 2.00. The van der Waals surface area contributed by atoms with Crippen LogP contribution in [-0.2, 0) is 4.74 Å². The molecule has 2 rings (SSSR count). The number of hydrogen-bond donors (Lipinski definition) is 0. The fourth-order valence-corrected chi connectivity index (χ4v) is 1.42. The minimum Gasteiger partial charge on any atom is -0.460 e. The molecule has 0 aliphatic heterocycles. The molecule has 0 spiro atoms. The number of aromatic nitrogens is 2. The molecule has 0 aromatic carbocycles. The van der Waals surface area contributed by atoms with E-state index < -0.39 is 5.97 Å². The molecule has 0 fully saturated rings. The zero-order chi connectivity index (χ0) is 12.3. The number of carbonyl (C=O) groups excluding carboxylic acids is 1. The van der Waals surface area contributed by atoms with Crippen molar-refractivity contribution in [3.63, 3.8) is 0 Å². The van der Waals surface area contributed by atoms with Crippen LogP contribution in [0, 0.1) is 0 Å². The van der Waals surface area contributed by atoms with Crippen LogP contribution >= 0.6 is 11.6 Å². The lowest BCUT2D eigenvalue weighted by atomic mass is 10.2. The van der Waals surface area contributed by atoms with Crippen molar-refractivity contribution in [2.75, 3.05) is 6.61 Å². The Kier molecular flexibility index (Phi) is 3.39. The Hall–Kier alpha value is -1.88. The number of oxazole rings is 1. The highest BCUT2D eigenvalue weighted by molar-refractivity contribution is 6.29. The Morgan fingerprint density at radius 1 is 1.47 bits per heavy atom. The van der Waals surface area contributed by atoms with Gasteiger partial charge in [0.25, 0.3) is 0 Å². The van der Waals surface area contributed by atoms with Gasteiger partial charge in [-0.25, -0.2) is 14.8 Å². The van der Waals surface area contributed by atoms with E-state index in [2.05, 4.69) is 9.97 Å². The first kappa shape index (κ1) is 11.6. The predicted molar refractivity (Wildman–Crippen MR) is 60.7 cm³/mol. The first-order valence-electron chi connectivity index (χ1n) is 4.95. The molecule has 5 nitrogen and oxygen atoms in total. The van der Waals surface area contributed by atoms with E-state index in [1.54, 1.807) is 19.1 Å². The molecule has 0 radical (unpaired) electrons. The second kappa shape index (κ2) is 4.97. The van der Waals surface area contributed by atoms with Crippen LogP contribution in [-0.4, -0.2) is 22.5 Å². The van der Waals surface area contributed by atoms with Crippen molar-refractivity contribution in [1.29, 1.82) is 0 Å². The fraction of sp³-hybridized carbons (Fsp3) is 0.182. The number of esters is 1. The highest BCUT2D eigenvalue weighted by Gasteiger charge is 2.19. The van der Waals surface area contributed by atoms with Gasteiger partial charge in [0.2, 0.25) is 5.76 Å². The largest absolute Gasteiger partial charge is 0.460 e. The highest BCUT2D eigenvalue weighted by atomic mass is 35.5. The third kappa shape index (κ3) is 2.45. The quantitative estimate of drug-likeness (QED) is 0.620. The zero-order valence-electron chi connectivity index (χ0n) is 9.01. The topological polar surface area (TPSA) is 65.2 Å². The summed E-state index contributed by atoms with van der Waals surface area (Å²) in [5.74, 6) is -0.481. The standard InChI is InChI=1S/C11H9ClN2O3/c1-2-16-11(15)10-9(14-6-17-10)7-3-4-8(12)13-5-7/h3-6H,2H2,1H3. The van der Waals surface area contributed by atoms with Gasteiger partial charge in [-0.3, -0.25) is 0 Å². The molecule has 2 aromatic rings. The first-order chi connectivity index (χ1) is 8.22. The van der Waals surface area contributed by atoms with E-state index in [0.717, 1.165) is 0 Å². The van der Waals surface area contributed by atoms with Gasteiger partial charge in [0.15, 0.2) is 6.39 Å². The van der Waals surface area contributed by atoms with E-state index in [9.17, 15) is 4.79 Å². The average Bonchev–Trinajstić information content (AvgIpc) is 2.79. The fourth-order valence-electron chi connectivity index (χ4n) is 1.31. The van der Waals surface area contributed by atoms with Crippen molar-refractivity contribution in [3.8, 4) is 11.3 Å². The van der Waals surface area contributed by atoms with Crippen LogP contribution in [0.25, 0.3) is 11.3 Å². The number of hydrogen-bond acceptors (Lipinski definition) is 5. The van der Waals surface area contributed by atoms with E-state index in [0.29, 0.717) is 16.4 Å². The molecular formula is C11H9ClN2O3. The van der Waals surface area contributed by atoms with Crippen LogP contribution in [0.4, 0.5) is 0 Å². The molecule has 0 bridgehead atoms. The number of nitrogens with zero attached hydrogens (tertiary/aromatic N) is 2. The second-order valence-corrected chi connectivity index (χ2v) is 3.51. The van der Waals surface area contributed by atoms with Gasteiger partial charge < -0.3 is 9.15 Å². The summed E-state index contributed by atoms with van der Waals surface area (Å²) in [4.78, 5) is 19.4. The maximum Gasteiger partial charge on any atom is 0.376 e. The van der Waals surface area contributed by atoms with Crippen LogP contribution in [0.15, 0.2) is 29.1 Å². The molecule has 0 aliphatic carbocycles. The smallest absolute Gasteiger partial charge is 0.376 e. The van der Waals surface area contributed by atoms with Crippen molar-refractivity contribution in [2.24, 2.45) is 0 Å². The molecule has 17 heavy (non-hydrogen) atoms. The summed E-state index contributed by atoms with van der Waals surface area (Å²) in [5, 5.41) is 0.370. The molecule has 0 saturated heterocycles. The van der Waals surface area contributed by atoms with Crippen molar-refractivity contribution in [2.45, 2.75) is 6.92 Å². The van der Waals surface area contributed by atoms with Crippen LogP contribution < -0.4 is 0 Å². The Balaban J connectivity index is 2.36. The number of carbonyl (C=O) groups is 1. The van der Waals surface area contributed by atoms with Gasteiger partial charge in [0, 0.05) is 11.8 Å². The number of ether oxygens (including phenoxy) is 1. The molecule has 0 aliphatic rings. The van der Waals surface area contributed by atoms with E-state index in [1.165, 1.54) is 12.6 Å². The normalized spacial score (nSPS) is 10.2. The van der Waals surface area contributed by atoms with E-state index in [4.69, 9.17) is 20.8 Å². The van der Waals surface area contributed by atoms with E-state index >= 15 is 0 Å². The Labute approximate surface area is 102 Å². The maximum atomic E-state index is 11.6. The maximum absolute atomic E-state index is 11.6. The molecule has 0 amide bonds. The third-order valence-electron chi connectivity index (χ3n) is 2.03. The zero-order valence-corrected chi connectivity index (χ0v) is 9.77. The molecule has 0 saturated carbocycles. The summed E-state index contributed by atoms with van der Waals surface area (Å²) in [7, 11) is 0. The van der Waals surface area contributed by atoms with Gasteiger partial charge in [0.05, 0.1) is 6.61 Å². The second-order valence-electron chi connectivity index (χ2n) is 3.12. The summed E-state index contributed by atoms with van der Waals surface area (Å²) in [6, 6.07) is 3.32. The van der Waals surface area contributed by atoms with Crippen molar-refractivity contribution in [1.82, 2.24) is 9.97 Å². The molecule has 0 atom stereocenters. The van der Waals surface area contributed by atoms with Crippen molar-refractivity contribution < 1.29 is 13.9 Å². The van der Waals surface area contributed by atoms with Gasteiger partial charge in [0.1, 0.15) is 10.8 Å².